The molecule has 9 heteroatoms. The van der Waals surface area contributed by atoms with E-state index in [0.29, 0.717) is 29.7 Å². The van der Waals surface area contributed by atoms with E-state index in [4.69, 9.17) is 14.7 Å². The van der Waals surface area contributed by atoms with Gasteiger partial charge in [0.1, 0.15) is 6.10 Å². The van der Waals surface area contributed by atoms with Crippen molar-refractivity contribution in [2.75, 3.05) is 12.4 Å². The minimum atomic E-state index is -0.763. The first-order chi connectivity index (χ1) is 16.1. The number of hydroxylamine groups is 1. The van der Waals surface area contributed by atoms with Crippen molar-refractivity contribution >= 4 is 23.5 Å². The van der Waals surface area contributed by atoms with E-state index in [0.717, 1.165) is 0 Å². The van der Waals surface area contributed by atoms with Crippen molar-refractivity contribution in [1.29, 1.82) is 0 Å². The first-order valence-corrected chi connectivity index (χ1v) is 10.6. The second-order valence-electron chi connectivity index (χ2n) is 8.38. The van der Waals surface area contributed by atoms with Crippen molar-refractivity contribution in [2.45, 2.75) is 39.7 Å². The standard InChI is InChI=1S/C25H30N2O7/c1-16(28)17-8-11-19(12-9-17)26-24(31)34-23(18-10-13-21(33-4)20(29)15-18)25(2,3)14-6-5-7-22(30)27-32/h5,7-13,15,23,29,32H,6,14H2,1-4H3,(H,26,31)(H,27,30)/b7-5+/t23-/m0/s1. The molecular weight excluding hydrogens is 440 g/mol. The van der Waals surface area contributed by atoms with Crippen molar-refractivity contribution < 1.29 is 34.2 Å². The minimum Gasteiger partial charge on any atom is -0.504 e. The van der Waals surface area contributed by atoms with Crippen LogP contribution in [0.15, 0.2) is 54.6 Å². The van der Waals surface area contributed by atoms with E-state index >= 15 is 0 Å². The summed E-state index contributed by atoms with van der Waals surface area (Å²) in [5.74, 6) is -0.529. The Bertz CT molecular complexity index is 1050. The number of phenolic OH excluding ortho intramolecular Hbond substituents is 1. The number of Topliss-reactive ketones (excluding diaryl/α,β-unsaturated/α-hetero) is 1. The van der Waals surface area contributed by atoms with Crippen LogP contribution >= 0.6 is 0 Å². The van der Waals surface area contributed by atoms with Gasteiger partial charge in [0.2, 0.25) is 0 Å². The monoisotopic (exact) mass is 470 g/mol. The highest BCUT2D eigenvalue weighted by Gasteiger charge is 2.34. The molecule has 0 heterocycles. The lowest BCUT2D eigenvalue weighted by atomic mass is 9.78. The molecule has 0 aliphatic rings. The van der Waals surface area contributed by atoms with Gasteiger partial charge in [-0.15, -0.1) is 0 Å². The molecule has 2 amide bonds. The lowest BCUT2D eigenvalue weighted by molar-refractivity contribution is -0.124. The Hall–Kier alpha value is -3.85. The third-order valence-corrected chi connectivity index (χ3v) is 5.31. The Morgan fingerprint density at radius 1 is 1.12 bits per heavy atom. The Balaban J connectivity index is 2.24. The number of aromatic hydroxyl groups is 1. The van der Waals surface area contributed by atoms with Gasteiger partial charge in [-0.05, 0) is 61.7 Å². The maximum Gasteiger partial charge on any atom is 0.412 e. The van der Waals surface area contributed by atoms with Gasteiger partial charge in [-0.2, -0.15) is 0 Å². The van der Waals surface area contributed by atoms with Crippen LogP contribution in [0.2, 0.25) is 0 Å². The van der Waals surface area contributed by atoms with Crippen LogP contribution in [0.4, 0.5) is 10.5 Å². The summed E-state index contributed by atoms with van der Waals surface area (Å²) in [6, 6.07) is 11.2. The smallest absolute Gasteiger partial charge is 0.412 e. The second kappa shape index (κ2) is 11.9. The molecule has 2 aromatic rings. The Morgan fingerprint density at radius 3 is 2.35 bits per heavy atom. The van der Waals surface area contributed by atoms with Crippen LogP contribution in [-0.2, 0) is 9.53 Å². The van der Waals surface area contributed by atoms with E-state index in [9.17, 15) is 19.5 Å². The second-order valence-corrected chi connectivity index (χ2v) is 8.38. The lowest BCUT2D eigenvalue weighted by Crippen LogP contribution is -2.29. The van der Waals surface area contributed by atoms with E-state index in [-0.39, 0.29) is 17.3 Å². The summed E-state index contributed by atoms with van der Waals surface area (Å²) in [5.41, 5.74) is 2.45. The Labute approximate surface area is 198 Å². The fourth-order valence-electron chi connectivity index (χ4n) is 3.41. The number of amides is 2. The van der Waals surface area contributed by atoms with E-state index in [2.05, 4.69) is 5.32 Å². The number of carbonyl (C=O) groups is 3. The number of allylic oxidation sites excluding steroid dienone is 1. The van der Waals surface area contributed by atoms with E-state index < -0.39 is 23.5 Å². The van der Waals surface area contributed by atoms with Crippen LogP contribution in [0.1, 0.15) is 55.6 Å². The number of hydrogen-bond donors (Lipinski definition) is 4. The van der Waals surface area contributed by atoms with Gasteiger partial charge in [0.05, 0.1) is 7.11 Å². The average Bonchev–Trinajstić information content (AvgIpc) is 2.80. The third-order valence-electron chi connectivity index (χ3n) is 5.31. The summed E-state index contributed by atoms with van der Waals surface area (Å²) >= 11 is 0. The molecule has 0 aromatic heterocycles. The number of hydrogen-bond acceptors (Lipinski definition) is 7. The molecule has 0 spiro atoms. The van der Waals surface area contributed by atoms with Gasteiger partial charge in [0.15, 0.2) is 17.3 Å². The summed E-state index contributed by atoms with van der Waals surface area (Å²) in [6.45, 7) is 5.25. The van der Waals surface area contributed by atoms with Crippen LogP contribution in [0.25, 0.3) is 0 Å². The molecule has 0 aliphatic carbocycles. The molecular formula is C25H30N2O7. The van der Waals surface area contributed by atoms with Crippen molar-refractivity contribution in [3.8, 4) is 11.5 Å². The fraction of sp³-hybridized carbons (Fsp3) is 0.320. The number of anilines is 1. The quantitative estimate of drug-likeness (QED) is 0.170. The van der Waals surface area contributed by atoms with Crippen LogP contribution < -0.4 is 15.5 Å². The topological polar surface area (TPSA) is 134 Å². The molecule has 0 radical (unpaired) electrons. The number of ketones is 1. The number of benzene rings is 2. The first kappa shape index (κ1) is 26.4. The maximum absolute atomic E-state index is 12.7. The van der Waals surface area contributed by atoms with Crippen LogP contribution in [0, 0.1) is 5.41 Å². The summed E-state index contributed by atoms with van der Waals surface area (Å²) < 4.78 is 10.9. The maximum atomic E-state index is 12.7. The van der Waals surface area contributed by atoms with Gasteiger partial charge in [0, 0.05) is 22.7 Å². The molecule has 0 fully saturated rings. The van der Waals surface area contributed by atoms with Crippen molar-refractivity contribution in [2.24, 2.45) is 5.41 Å². The molecule has 0 unspecified atom stereocenters. The Morgan fingerprint density at radius 2 is 1.79 bits per heavy atom. The SMILES string of the molecule is COc1ccc([C@H](OC(=O)Nc2ccc(C(C)=O)cc2)C(C)(C)CC/C=C/C(=O)NO)cc1O. The zero-order valence-electron chi connectivity index (χ0n) is 19.6. The van der Waals surface area contributed by atoms with Gasteiger partial charge < -0.3 is 14.6 Å². The largest absolute Gasteiger partial charge is 0.504 e. The minimum absolute atomic E-state index is 0.0826. The van der Waals surface area contributed by atoms with Crippen LogP contribution in [-0.4, -0.2) is 35.2 Å². The fourth-order valence-corrected chi connectivity index (χ4v) is 3.41. The van der Waals surface area contributed by atoms with Gasteiger partial charge in [0.25, 0.3) is 5.91 Å². The molecule has 182 valence electrons. The molecule has 0 aliphatic heterocycles. The van der Waals surface area contributed by atoms with Crippen molar-refractivity contribution in [3.05, 3.63) is 65.7 Å². The molecule has 34 heavy (non-hydrogen) atoms. The van der Waals surface area contributed by atoms with Gasteiger partial charge in [-0.25, -0.2) is 10.3 Å². The molecule has 0 bridgehead atoms. The number of phenols is 1. The van der Waals surface area contributed by atoms with E-state index in [1.54, 1.807) is 42.5 Å². The van der Waals surface area contributed by atoms with Gasteiger partial charge >= 0.3 is 6.09 Å². The molecule has 1 atom stereocenters. The van der Waals surface area contributed by atoms with Crippen molar-refractivity contribution in [1.82, 2.24) is 5.48 Å². The number of methoxy groups -OCH3 is 1. The number of carbonyl (C=O) groups excluding carboxylic acids is 3. The average molecular weight is 471 g/mol. The number of ether oxygens (including phenoxy) is 2. The summed E-state index contributed by atoms with van der Waals surface area (Å²) in [5, 5.41) is 21.5. The molecule has 4 N–H and O–H groups in total. The molecule has 0 saturated carbocycles. The molecule has 2 aromatic carbocycles. The highest BCUT2D eigenvalue weighted by molar-refractivity contribution is 5.95. The van der Waals surface area contributed by atoms with Crippen LogP contribution in [0.3, 0.4) is 0 Å². The predicted molar refractivity (Wildman–Crippen MR) is 126 cm³/mol. The molecule has 0 saturated heterocycles. The summed E-state index contributed by atoms with van der Waals surface area (Å²) in [6.07, 6.45) is 2.33. The first-order valence-electron chi connectivity index (χ1n) is 10.6. The summed E-state index contributed by atoms with van der Waals surface area (Å²) in [4.78, 5) is 35.4. The number of nitrogens with one attached hydrogen (secondary N) is 2. The lowest BCUT2D eigenvalue weighted by Gasteiger charge is -2.34. The number of rotatable bonds is 10. The van der Waals surface area contributed by atoms with Gasteiger partial charge in [-0.1, -0.05) is 26.0 Å². The zero-order chi connectivity index (χ0) is 25.3. The normalized spacial score (nSPS) is 12.1. The van der Waals surface area contributed by atoms with Gasteiger partial charge in [-0.3, -0.25) is 20.1 Å². The predicted octanol–water partition coefficient (Wildman–Crippen LogP) is 4.76. The van der Waals surface area contributed by atoms with E-state index in [1.165, 1.54) is 31.7 Å². The highest BCUT2D eigenvalue weighted by atomic mass is 16.6. The van der Waals surface area contributed by atoms with Crippen LogP contribution in [0.5, 0.6) is 11.5 Å². The molecule has 2 rings (SSSR count). The summed E-state index contributed by atoms with van der Waals surface area (Å²) in [7, 11) is 1.44. The van der Waals surface area contributed by atoms with Crippen molar-refractivity contribution in [3.63, 3.8) is 0 Å². The zero-order valence-corrected chi connectivity index (χ0v) is 19.6. The Kier molecular flexibility index (Phi) is 9.20. The third kappa shape index (κ3) is 7.35. The van der Waals surface area contributed by atoms with E-state index in [1.807, 2.05) is 13.8 Å². The molecule has 9 nitrogen and oxygen atoms in total. The highest BCUT2D eigenvalue weighted by Crippen LogP contribution is 2.42.